The van der Waals surface area contributed by atoms with Crippen molar-refractivity contribution in [2.24, 2.45) is 0 Å². The molecule has 1 aromatic heterocycles. The Morgan fingerprint density at radius 2 is 1.67 bits per heavy atom. The first-order chi connectivity index (χ1) is 15.1. The molecule has 0 bridgehead atoms. The molecule has 33 heavy (non-hydrogen) atoms. The van der Waals surface area contributed by atoms with Gasteiger partial charge >= 0.3 is 23.5 Å². The van der Waals surface area contributed by atoms with Gasteiger partial charge in [-0.3, -0.25) is 13.9 Å². The molecule has 6 N–H and O–H groups in total. The molecule has 2 aromatic rings. The number of nitrogens with zero attached hydrogens (tertiary/aromatic N) is 1. The zero-order valence-corrected chi connectivity index (χ0v) is 19.5. The van der Waals surface area contributed by atoms with Gasteiger partial charge in [-0.15, -0.1) is 0 Å². The highest BCUT2D eigenvalue weighted by Gasteiger charge is 2.46. The van der Waals surface area contributed by atoms with E-state index in [1.807, 2.05) is 0 Å². The lowest BCUT2D eigenvalue weighted by Crippen LogP contribution is -2.35. The maximum absolute atomic E-state index is 12.7. The van der Waals surface area contributed by atoms with Crippen LogP contribution in [0.2, 0.25) is 5.02 Å². The summed E-state index contributed by atoms with van der Waals surface area (Å²) < 4.78 is 51.7. The number of phosphoric acid groups is 3. The summed E-state index contributed by atoms with van der Waals surface area (Å²) in [6.07, 6.45) is -5.13. The first kappa shape index (κ1) is 26.6. The lowest BCUT2D eigenvalue weighted by molar-refractivity contribution is -0.0533. The number of hydrogen-bond donors (Lipinski definition) is 6. The molecule has 0 radical (unpaired) electrons. The van der Waals surface area contributed by atoms with Gasteiger partial charge in [-0.25, -0.2) is 13.7 Å². The van der Waals surface area contributed by atoms with E-state index in [1.54, 1.807) is 0 Å². The van der Waals surface area contributed by atoms with Crippen LogP contribution in [0, 0.1) is 0 Å². The molecule has 6 atom stereocenters. The fourth-order valence-electron chi connectivity index (χ4n) is 3.00. The van der Waals surface area contributed by atoms with E-state index in [0.717, 1.165) is 4.57 Å². The Labute approximate surface area is 189 Å². The molecule has 2 unspecified atom stereocenters. The van der Waals surface area contributed by atoms with Crippen molar-refractivity contribution in [2.75, 3.05) is 6.61 Å². The molecule has 0 spiro atoms. The van der Waals surface area contributed by atoms with Gasteiger partial charge in [-0.2, -0.15) is 8.62 Å². The second kappa shape index (κ2) is 9.57. The van der Waals surface area contributed by atoms with Crippen LogP contribution in [0.1, 0.15) is 6.23 Å². The van der Waals surface area contributed by atoms with Gasteiger partial charge in [0.05, 0.1) is 6.61 Å². The van der Waals surface area contributed by atoms with Crippen LogP contribution in [0.15, 0.2) is 35.3 Å². The molecular weight excluding hydrogens is 535 g/mol. The van der Waals surface area contributed by atoms with Crippen LogP contribution in [0.3, 0.4) is 0 Å². The summed E-state index contributed by atoms with van der Waals surface area (Å²) >= 11 is 5.89. The molecule has 15 nitrogen and oxygen atoms in total. The smallest absolute Gasteiger partial charge is 0.387 e. The number of ether oxygens (including phenoxy) is 1. The quantitative estimate of drug-likeness (QED) is 0.247. The van der Waals surface area contributed by atoms with Crippen LogP contribution in [0.25, 0.3) is 10.8 Å². The lowest BCUT2D eigenvalue weighted by Gasteiger charge is -2.19. The van der Waals surface area contributed by atoms with E-state index in [4.69, 9.17) is 31.0 Å². The highest BCUT2D eigenvalue weighted by molar-refractivity contribution is 7.66. The first-order valence-electron chi connectivity index (χ1n) is 8.69. The Kier molecular flexibility index (Phi) is 7.72. The Morgan fingerprint density at radius 3 is 2.30 bits per heavy atom. The number of rotatable bonds is 8. The monoisotopic (exact) mass is 551 g/mol. The number of aliphatic hydroxyl groups is 2. The summed E-state index contributed by atoms with van der Waals surface area (Å²) in [5.41, 5.74) is -0.603. The number of benzene rings is 1. The zero-order chi connectivity index (χ0) is 24.8. The van der Waals surface area contributed by atoms with Crippen molar-refractivity contribution in [3.8, 4) is 0 Å². The Bertz CT molecular complexity index is 1250. The standard InChI is InChI=1S/C14H17ClNO14P3/c15-8-1-2-9-7(5-8)3-4-16(13(9)19)14-12(18)11(17)10(28-14)6-27-32(23,24)30-33(25,26)29-31(20,21)22/h1-5,10-12,14,17-18H,6H2,(H,23,24)(H,25,26)(H2,20,21,22)/t10-,11-,12-,14-/m1/s1. The van der Waals surface area contributed by atoms with Crippen LogP contribution < -0.4 is 5.56 Å². The second-order valence-corrected chi connectivity index (χ2v) is 11.5. The maximum atomic E-state index is 12.7. The molecular formula is C14H17ClNO14P3. The van der Waals surface area contributed by atoms with Gasteiger partial charge in [0.2, 0.25) is 0 Å². The van der Waals surface area contributed by atoms with Crippen molar-refractivity contribution < 1.29 is 61.4 Å². The molecule has 2 heterocycles. The molecule has 0 amide bonds. The van der Waals surface area contributed by atoms with Crippen molar-refractivity contribution in [1.82, 2.24) is 4.57 Å². The first-order valence-corrected chi connectivity index (χ1v) is 13.6. The molecule has 1 aliphatic heterocycles. The minimum absolute atomic E-state index is 0.226. The number of phosphoric ester groups is 1. The van der Waals surface area contributed by atoms with E-state index in [1.165, 1.54) is 30.5 Å². The Morgan fingerprint density at radius 1 is 1.00 bits per heavy atom. The van der Waals surface area contributed by atoms with E-state index in [-0.39, 0.29) is 5.39 Å². The van der Waals surface area contributed by atoms with E-state index in [9.17, 15) is 33.6 Å². The summed E-state index contributed by atoms with van der Waals surface area (Å²) in [6, 6.07) is 5.96. The van der Waals surface area contributed by atoms with Crippen molar-refractivity contribution in [1.29, 1.82) is 0 Å². The van der Waals surface area contributed by atoms with Gasteiger partial charge in [-0.05, 0) is 29.7 Å². The predicted octanol–water partition coefficient (Wildman–Crippen LogP) is 0.617. The summed E-state index contributed by atoms with van der Waals surface area (Å²) in [5, 5.41) is 21.6. The highest BCUT2D eigenvalue weighted by atomic mass is 35.5. The van der Waals surface area contributed by atoms with Crippen LogP contribution in [0.4, 0.5) is 0 Å². The Hall–Kier alpha value is -0.990. The third-order valence-corrected chi connectivity index (χ3v) is 8.36. The molecule has 1 fully saturated rings. The van der Waals surface area contributed by atoms with Crippen molar-refractivity contribution in [3.05, 3.63) is 45.8 Å². The molecule has 184 valence electrons. The zero-order valence-electron chi connectivity index (χ0n) is 16.0. The number of aromatic nitrogens is 1. The van der Waals surface area contributed by atoms with Crippen LogP contribution in [-0.4, -0.2) is 59.3 Å². The number of halogens is 1. The average molecular weight is 552 g/mol. The summed E-state index contributed by atoms with van der Waals surface area (Å²) in [7, 11) is -16.8. The minimum atomic E-state index is -5.73. The number of hydrogen-bond acceptors (Lipinski definition) is 10. The van der Waals surface area contributed by atoms with Gasteiger partial charge in [0.15, 0.2) is 6.23 Å². The third kappa shape index (κ3) is 6.57. The number of fused-ring (bicyclic) bond motifs is 1. The van der Waals surface area contributed by atoms with Crippen LogP contribution >= 0.6 is 35.1 Å². The predicted molar refractivity (Wildman–Crippen MR) is 109 cm³/mol. The fraction of sp³-hybridized carbons (Fsp3) is 0.357. The Balaban J connectivity index is 1.73. The van der Waals surface area contributed by atoms with E-state index in [2.05, 4.69) is 13.1 Å². The van der Waals surface area contributed by atoms with Gasteiger partial charge in [0.1, 0.15) is 18.3 Å². The summed E-state index contributed by atoms with van der Waals surface area (Å²) in [4.78, 5) is 48.4. The summed E-state index contributed by atoms with van der Waals surface area (Å²) in [6.45, 7) is -1.00. The third-order valence-electron chi connectivity index (χ3n) is 4.32. The maximum Gasteiger partial charge on any atom is 0.490 e. The van der Waals surface area contributed by atoms with Crippen molar-refractivity contribution >= 4 is 45.8 Å². The van der Waals surface area contributed by atoms with E-state index in [0.29, 0.717) is 10.4 Å². The van der Waals surface area contributed by atoms with Crippen LogP contribution in [-0.2, 0) is 31.6 Å². The minimum Gasteiger partial charge on any atom is -0.387 e. The topological polar surface area (TPSA) is 232 Å². The molecule has 3 rings (SSSR count). The molecule has 1 aromatic carbocycles. The van der Waals surface area contributed by atoms with E-state index >= 15 is 0 Å². The SMILES string of the molecule is O=c1c2ccc(Cl)cc2ccn1[C@@H]1O[C@H](COP(=O)(O)OP(=O)(O)OP(=O)(O)O)[C@@H](O)[C@H]1O. The number of pyridine rings is 1. The largest absolute Gasteiger partial charge is 0.490 e. The average Bonchev–Trinajstić information content (AvgIpc) is 2.92. The van der Waals surface area contributed by atoms with Gasteiger partial charge in [0.25, 0.3) is 5.56 Å². The van der Waals surface area contributed by atoms with Gasteiger partial charge in [0, 0.05) is 16.6 Å². The van der Waals surface area contributed by atoms with Gasteiger partial charge in [-0.1, -0.05) is 11.6 Å². The van der Waals surface area contributed by atoms with E-state index < -0.39 is 60.2 Å². The second-order valence-electron chi connectivity index (χ2n) is 6.69. The molecule has 1 aliphatic rings. The molecule has 0 aliphatic carbocycles. The summed E-state index contributed by atoms with van der Waals surface area (Å²) in [5.74, 6) is 0. The molecule has 0 saturated carbocycles. The van der Waals surface area contributed by atoms with Gasteiger partial charge < -0.3 is 34.5 Å². The highest BCUT2D eigenvalue weighted by Crippen LogP contribution is 2.66. The number of aliphatic hydroxyl groups excluding tert-OH is 2. The lowest BCUT2D eigenvalue weighted by atomic mass is 10.1. The molecule has 1 saturated heterocycles. The fourth-order valence-corrected chi connectivity index (χ4v) is 6.21. The van der Waals surface area contributed by atoms with Crippen LogP contribution in [0.5, 0.6) is 0 Å². The molecule has 19 heteroatoms. The van der Waals surface area contributed by atoms with Crippen molar-refractivity contribution in [3.63, 3.8) is 0 Å². The normalized spacial score (nSPS) is 27.4. The van der Waals surface area contributed by atoms with Crippen molar-refractivity contribution in [2.45, 2.75) is 24.5 Å².